The Morgan fingerprint density at radius 3 is 2.88 bits per heavy atom. The molecule has 0 aromatic carbocycles. The number of primary amides is 1. The highest BCUT2D eigenvalue weighted by atomic mass is 32.2. The molecular formula is C4H6N2OS. The van der Waals surface area contributed by atoms with E-state index in [1.54, 1.807) is 11.6 Å². The molecule has 0 bridgehead atoms. The van der Waals surface area contributed by atoms with Gasteiger partial charge in [0.2, 0.25) is 0 Å². The summed E-state index contributed by atoms with van der Waals surface area (Å²) in [4.78, 5) is 10.3. The Bertz CT molecular complexity index is 126. The summed E-state index contributed by atoms with van der Waals surface area (Å²) in [5.74, 6) is -0.319. The number of thioether (sulfide) groups is 1. The van der Waals surface area contributed by atoms with Gasteiger partial charge in [0.05, 0.1) is 0 Å². The predicted molar refractivity (Wildman–Crippen MR) is 32.8 cm³/mol. The van der Waals surface area contributed by atoms with E-state index in [4.69, 9.17) is 5.73 Å². The quantitative estimate of drug-likeness (QED) is 0.508. The van der Waals surface area contributed by atoms with Crippen LogP contribution in [0.3, 0.4) is 0 Å². The van der Waals surface area contributed by atoms with Gasteiger partial charge in [0.1, 0.15) is 0 Å². The number of rotatable bonds is 1. The second kappa shape index (κ2) is 2.09. The molecule has 3 N–H and O–H groups in total. The van der Waals surface area contributed by atoms with E-state index in [0.29, 0.717) is 0 Å². The highest BCUT2D eigenvalue weighted by Gasteiger charge is 2.14. The minimum atomic E-state index is -0.319. The molecule has 3 nitrogen and oxygen atoms in total. The molecule has 0 aromatic rings. The Morgan fingerprint density at radius 1 is 1.88 bits per heavy atom. The fourth-order valence-corrected chi connectivity index (χ4v) is 1.04. The van der Waals surface area contributed by atoms with E-state index in [1.807, 2.05) is 0 Å². The first-order valence-corrected chi connectivity index (χ1v) is 3.11. The van der Waals surface area contributed by atoms with Gasteiger partial charge in [-0.3, -0.25) is 4.79 Å². The summed E-state index contributed by atoms with van der Waals surface area (Å²) in [6, 6.07) is 0. The lowest BCUT2D eigenvalue weighted by molar-refractivity contribution is -0.117. The minimum absolute atomic E-state index is 0.241. The molecule has 1 unspecified atom stereocenters. The first-order valence-electron chi connectivity index (χ1n) is 2.16. The van der Waals surface area contributed by atoms with Crippen molar-refractivity contribution in [2.45, 2.75) is 5.37 Å². The van der Waals surface area contributed by atoms with Gasteiger partial charge < -0.3 is 11.1 Å². The molecule has 1 rings (SSSR count). The average Bonchev–Trinajstić information content (AvgIpc) is 2.12. The van der Waals surface area contributed by atoms with Gasteiger partial charge in [0, 0.05) is 6.20 Å². The molecule has 4 heteroatoms. The molecule has 0 fully saturated rings. The molecule has 1 aliphatic rings. The lowest BCUT2D eigenvalue weighted by Crippen LogP contribution is -2.32. The van der Waals surface area contributed by atoms with Crippen LogP contribution >= 0.6 is 11.8 Å². The zero-order chi connectivity index (χ0) is 5.98. The van der Waals surface area contributed by atoms with Crippen LogP contribution in [0.25, 0.3) is 0 Å². The van der Waals surface area contributed by atoms with Gasteiger partial charge in [-0.1, -0.05) is 11.8 Å². The van der Waals surface area contributed by atoms with Crippen LogP contribution in [0, 0.1) is 0 Å². The summed E-state index contributed by atoms with van der Waals surface area (Å²) in [5, 5.41) is 4.32. The van der Waals surface area contributed by atoms with E-state index >= 15 is 0 Å². The third kappa shape index (κ3) is 0.949. The predicted octanol–water partition coefficient (Wildman–Crippen LogP) is -0.395. The second-order valence-corrected chi connectivity index (χ2v) is 2.40. The normalized spacial score (nSPS) is 25.2. The van der Waals surface area contributed by atoms with Crippen LogP contribution in [0.1, 0.15) is 0 Å². The number of hydrogen-bond acceptors (Lipinski definition) is 3. The maximum atomic E-state index is 10.3. The molecular weight excluding hydrogens is 124 g/mol. The Kier molecular flexibility index (Phi) is 1.43. The Labute approximate surface area is 51.3 Å². The summed E-state index contributed by atoms with van der Waals surface area (Å²) in [6.07, 6.45) is 1.71. The summed E-state index contributed by atoms with van der Waals surface area (Å²) < 4.78 is 0. The van der Waals surface area contributed by atoms with Crippen molar-refractivity contribution in [2.75, 3.05) is 0 Å². The molecule has 0 aromatic heterocycles. The van der Waals surface area contributed by atoms with E-state index in [2.05, 4.69) is 5.32 Å². The van der Waals surface area contributed by atoms with Crippen molar-refractivity contribution in [3.05, 3.63) is 11.6 Å². The van der Waals surface area contributed by atoms with Crippen LogP contribution in [-0.4, -0.2) is 11.3 Å². The number of nitrogens with two attached hydrogens (primary N) is 1. The van der Waals surface area contributed by atoms with Crippen molar-refractivity contribution in [2.24, 2.45) is 5.73 Å². The first kappa shape index (κ1) is 5.50. The first-order chi connectivity index (χ1) is 3.80. The molecule has 1 heterocycles. The fourth-order valence-electron chi connectivity index (χ4n) is 0.433. The molecule has 1 aliphatic heterocycles. The van der Waals surface area contributed by atoms with Crippen LogP contribution in [0.15, 0.2) is 11.6 Å². The number of hydrogen-bond donors (Lipinski definition) is 2. The Hall–Kier alpha value is -0.640. The van der Waals surface area contributed by atoms with Gasteiger partial charge in [0.15, 0.2) is 5.37 Å². The average molecular weight is 130 g/mol. The lowest BCUT2D eigenvalue weighted by atomic mass is 10.6. The van der Waals surface area contributed by atoms with E-state index in [-0.39, 0.29) is 11.3 Å². The molecule has 1 amide bonds. The third-order valence-electron chi connectivity index (χ3n) is 0.789. The molecule has 0 aliphatic carbocycles. The van der Waals surface area contributed by atoms with Crippen LogP contribution < -0.4 is 11.1 Å². The summed E-state index contributed by atoms with van der Waals surface area (Å²) in [5.41, 5.74) is 4.94. The molecule has 0 saturated heterocycles. The van der Waals surface area contributed by atoms with E-state index in [1.165, 1.54) is 11.8 Å². The van der Waals surface area contributed by atoms with Crippen molar-refractivity contribution in [3.8, 4) is 0 Å². The SMILES string of the molecule is NC(=O)C1NC=CS1. The molecule has 1 atom stereocenters. The third-order valence-corrected chi connectivity index (χ3v) is 1.72. The van der Waals surface area contributed by atoms with Gasteiger partial charge >= 0.3 is 0 Å². The monoisotopic (exact) mass is 130 g/mol. The highest BCUT2D eigenvalue weighted by molar-refractivity contribution is 8.03. The maximum Gasteiger partial charge on any atom is 0.250 e. The summed E-state index contributed by atoms with van der Waals surface area (Å²) in [7, 11) is 0. The standard InChI is InChI=1S/C4H6N2OS/c5-3(7)4-6-1-2-8-4/h1-2,4,6H,(H2,5,7). The van der Waals surface area contributed by atoms with Crippen molar-refractivity contribution < 1.29 is 4.79 Å². The largest absolute Gasteiger partial charge is 0.371 e. The van der Waals surface area contributed by atoms with Crippen molar-refractivity contribution in [1.82, 2.24) is 5.32 Å². The molecule has 0 radical (unpaired) electrons. The number of nitrogens with one attached hydrogen (secondary N) is 1. The second-order valence-electron chi connectivity index (χ2n) is 1.39. The molecule has 8 heavy (non-hydrogen) atoms. The van der Waals surface area contributed by atoms with Crippen molar-refractivity contribution >= 4 is 17.7 Å². The van der Waals surface area contributed by atoms with E-state index in [0.717, 1.165) is 0 Å². The zero-order valence-electron chi connectivity index (χ0n) is 4.13. The molecule has 44 valence electrons. The van der Waals surface area contributed by atoms with Gasteiger partial charge in [-0.2, -0.15) is 0 Å². The van der Waals surface area contributed by atoms with Crippen LogP contribution in [0.4, 0.5) is 0 Å². The zero-order valence-corrected chi connectivity index (χ0v) is 4.94. The molecule has 0 spiro atoms. The van der Waals surface area contributed by atoms with Gasteiger partial charge in [-0.15, -0.1) is 0 Å². The fraction of sp³-hybridized carbons (Fsp3) is 0.250. The van der Waals surface area contributed by atoms with Crippen LogP contribution in [0.2, 0.25) is 0 Å². The van der Waals surface area contributed by atoms with E-state index in [9.17, 15) is 4.79 Å². The van der Waals surface area contributed by atoms with Gasteiger partial charge in [0.25, 0.3) is 5.91 Å². The summed E-state index contributed by atoms with van der Waals surface area (Å²) in [6.45, 7) is 0. The Balaban J connectivity index is 2.41. The summed E-state index contributed by atoms with van der Waals surface area (Å²) >= 11 is 1.38. The van der Waals surface area contributed by atoms with Gasteiger partial charge in [-0.25, -0.2) is 0 Å². The maximum absolute atomic E-state index is 10.3. The van der Waals surface area contributed by atoms with Crippen LogP contribution in [0.5, 0.6) is 0 Å². The van der Waals surface area contributed by atoms with Crippen LogP contribution in [-0.2, 0) is 4.79 Å². The Morgan fingerprint density at radius 2 is 2.62 bits per heavy atom. The highest BCUT2D eigenvalue weighted by Crippen LogP contribution is 2.13. The lowest BCUT2D eigenvalue weighted by Gasteiger charge is -2.01. The molecule has 0 saturated carbocycles. The van der Waals surface area contributed by atoms with Crippen molar-refractivity contribution in [3.63, 3.8) is 0 Å². The minimum Gasteiger partial charge on any atom is -0.371 e. The topological polar surface area (TPSA) is 55.1 Å². The smallest absolute Gasteiger partial charge is 0.250 e. The number of carbonyl (C=O) groups is 1. The van der Waals surface area contributed by atoms with Crippen molar-refractivity contribution in [1.29, 1.82) is 0 Å². The van der Waals surface area contributed by atoms with Gasteiger partial charge in [-0.05, 0) is 5.41 Å². The number of amides is 1. The number of carbonyl (C=O) groups excluding carboxylic acids is 1. The van der Waals surface area contributed by atoms with E-state index < -0.39 is 0 Å².